The summed E-state index contributed by atoms with van der Waals surface area (Å²) in [5.74, 6) is -0.498. The Morgan fingerprint density at radius 3 is 2.59 bits per heavy atom. The Labute approximate surface area is 131 Å². The van der Waals surface area contributed by atoms with Gasteiger partial charge in [-0.15, -0.1) is 0 Å². The van der Waals surface area contributed by atoms with Crippen LogP contribution in [0.2, 0.25) is 5.02 Å². The zero-order valence-electron chi connectivity index (χ0n) is 11.1. The van der Waals surface area contributed by atoms with Crippen molar-refractivity contribution in [2.45, 2.75) is 4.90 Å². The van der Waals surface area contributed by atoms with Crippen LogP contribution in [0.1, 0.15) is 0 Å². The zero-order valence-corrected chi connectivity index (χ0v) is 12.7. The molecule has 0 aliphatic rings. The minimum atomic E-state index is -3.91. The van der Waals surface area contributed by atoms with Gasteiger partial charge in [-0.1, -0.05) is 23.7 Å². The highest BCUT2D eigenvalue weighted by molar-refractivity contribution is 7.90. The molecule has 0 fully saturated rings. The van der Waals surface area contributed by atoms with Gasteiger partial charge in [0.15, 0.2) is 0 Å². The van der Waals surface area contributed by atoms with Crippen LogP contribution in [0.25, 0.3) is 11.3 Å². The molecule has 0 unspecified atom stereocenters. The van der Waals surface area contributed by atoms with Crippen LogP contribution in [0.3, 0.4) is 0 Å². The van der Waals surface area contributed by atoms with Gasteiger partial charge >= 0.3 is 0 Å². The van der Waals surface area contributed by atoms with Crippen LogP contribution in [-0.4, -0.2) is 17.4 Å². The Morgan fingerprint density at radius 2 is 1.86 bits per heavy atom. The number of hydrogen-bond donors (Lipinski definition) is 0. The summed E-state index contributed by atoms with van der Waals surface area (Å²) in [7, 11) is -3.91. The van der Waals surface area contributed by atoms with Crippen molar-refractivity contribution >= 4 is 21.6 Å². The van der Waals surface area contributed by atoms with Gasteiger partial charge in [-0.2, -0.15) is 0 Å². The summed E-state index contributed by atoms with van der Waals surface area (Å²) in [5, 5.41) is 0.209. The van der Waals surface area contributed by atoms with E-state index < -0.39 is 15.8 Å². The minimum Gasteiger partial charge on any atom is -0.262 e. The maximum Gasteiger partial charge on any atom is 0.269 e. The Balaban J connectivity index is 2.19. The molecule has 7 heteroatoms. The fourth-order valence-corrected chi connectivity index (χ4v) is 3.68. The number of halogens is 2. The maximum atomic E-state index is 13.9. The average Bonchev–Trinajstić information content (AvgIpc) is 2.98. The Bertz CT molecular complexity index is 938. The first kappa shape index (κ1) is 14.7. The lowest BCUT2D eigenvalue weighted by Gasteiger charge is -2.11. The van der Waals surface area contributed by atoms with Crippen molar-refractivity contribution < 1.29 is 12.8 Å². The van der Waals surface area contributed by atoms with Crippen molar-refractivity contribution in [1.82, 2.24) is 8.96 Å². The third-order valence-electron chi connectivity index (χ3n) is 3.10. The second-order valence-electron chi connectivity index (χ2n) is 4.51. The molecule has 0 N–H and O–H groups in total. The molecule has 22 heavy (non-hydrogen) atoms. The van der Waals surface area contributed by atoms with Crippen molar-refractivity contribution in [3.63, 3.8) is 0 Å². The number of benzene rings is 1. The topological polar surface area (TPSA) is 52.0 Å². The third-order valence-corrected chi connectivity index (χ3v) is 4.96. The molecule has 0 aliphatic heterocycles. The van der Waals surface area contributed by atoms with Gasteiger partial charge in [-0.3, -0.25) is 4.98 Å². The van der Waals surface area contributed by atoms with E-state index in [1.807, 2.05) is 0 Å². The summed E-state index contributed by atoms with van der Waals surface area (Å²) in [4.78, 5) is 3.72. The lowest BCUT2D eigenvalue weighted by molar-refractivity contribution is 0.587. The van der Waals surface area contributed by atoms with Crippen LogP contribution < -0.4 is 0 Å². The van der Waals surface area contributed by atoms with Crippen molar-refractivity contribution in [3.8, 4) is 11.3 Å². The monoisotopic (exact) mass is 336 g/mol. The Hall–Kier alpha value is -2.18. The highest BCUT2D eigenvalue weighted by atomic mass is 35.5. The molecule has 0 atom stereocenters. The molecular weight excluding hydrogens is 327 g/mol. The lowest BCUT2D eigenvalue weighted by Crippen LogP contribution is -2.13. The second-order valence-corrected chi connectivity index (χ2v) is 6.76. The molecule has 0 amide bonds. The van der Waals surface area contributed by atoms with Crippen molar-refractivity contribution in [2.24, 2.45) is 0 Å². The van der Waals surface area contributed by atoms with Crippen molar-refractivity contribution in [2.75, 3.05) is 0 Å². The lowest BCUT2D eigenvalue weighted by atomic mass is 10.1. The predicted molar refractivity (Wildman–Crippen MR) is 81.7 cm³/mol. The van der Waals surface area contributed by atoms with Crippen molar-refractivity contribution in [3.05, 3.63) is 71.9 Å². The van der Waals surface area contributed by atoms with Gasteiger partial charge in [0.05, 0.1) is 10.7 Å². The van der Waals surface area contributed by atoms with Crippen LogP contribution in [0.15, 0.2) is 66.0 Å². The molecule has 2 aromatic heterocycles. The predicted octanol–water partition coefficient (Wildman–Crippen LogP) is 3.58. The normalized spacial score (nSPS) is 11.5. The van der Waals surface area contributed by atoms with Crippen LogP contribution in [-0.2, 0) is 10.0 Å². The SMILES string of the molecule is O=S(=O)(c1cncc(Cl)c1)n1cccc1-c1ccccc1F. The summed E-state index contributed by atoms with van der Waals surface area (Å²) >= 11 is 5.80. The van der Waals surface area contributed by atoms with Gasteiger partial charge in [-0.25, -0.2) is 16.8 Å². The molecule has 0 saturated heterocycles. The molecular formula is C15H10ClFN2O2S. The molecule has 4 nitrogen and oxygen atoms in total. The summed E-state index contributed by atoms with van der Waals surface area (Å²) in [5.41, 5.74) is 0.434. The molecule has 0 radical (unpaired) electrons. The third kappa shape index (κ3) is 2.51. The Morgan fingerprint density at radius 1 is 1.09 bits per heavy atom. The summed E-state index contributed by atoms with van der Waals surface area (Å²) in [6, 6.07) is 10.4. The summed E-state index contributed by atoms with van der Waals surface area (Å²) in [6.45, 7) is 0. The van der Waals surface area contributed by atoms with Gasteiger partial charge in [0, 0.05) is 24.2 Å². The largest absolute Gasteiger partial charge is 0.269 e. The number of hydrogen-bond acceptors (Lipinski definition) is 3. The summed E-state index contributed by atoms with van der Waals surface area (Å²) in [6.07, 6.45) is 3.90. The highest BCUT2D eigenvalue weighted by Crippen LogP contribution is 2.27. The maximum absolute atomic E-state index is 13.9. The number of aromatic nitrogens is 2. The minimum absolute atomic E-state index is 0.0613. The van der Waals surface area contributed by atoms with E-state index in [0.717, 1.165) is 3.97 Å². The standard InChI is InChI=1S/C15H10ClFN2O2S/c16-11-8-12(10-18-9-11)22(20,21)19-7-3-6-15(19)13-4-1-2-5-14(13)17/h1-10H. The van der Waals surface area contributed by atoms with E-state index in [-0.39, 0.29) is 21.2 Å². The average molecular weight is 337 g/mol. The first-order chi connectivity index (χ1) is 10.5. The van der Waals surface area contributed by atoms with Gasteiger partial charge in [-0.05, 0) is 30.3 Å². The zero-order chi connectivity index (χ0) is 15.7. The summed E-state index contributed by atoms with van der Waals surface area (Å²) < 4.78 is 40.3. The van der Waals surface area contributed by atoms with E-state index in [2.05, 4.69) is 4.98 Å². The first-order valence-corrected chi connectivity index (χ1v) is 8.10. The van der Waals surface area contributed by atoms with Crippen molar-refractivity contribution in [1.29, 1.82) is 0 Å². The van der Waals surface area contributed by atoms with Gasteiger partial charge in [0.1, 0.15) is 10.7 Å². The van der Waals surface area contributed by atoms with Gasteiger partial charge in [0.2, 0.25) is 0 Å². The van der Waals surface area contributed by atoms with E-state index in [4.69, 9.17) is 11.6 Å². The van der Waals surface area contributed by atoms with Crippen LogP contribution in [0.5, 0.6) is 0 Å². The van der Waals surface area contributed by atoms with Crippen LogP contribution in [0, 0.1) is 5.82 Å². The molecule has 0 spiro atoms. The molecule has 3 rings (SSSR count). The molecule has 0 aliphatic carbocycles. The number of rotatable bonds is 3. The van der Waals surface area contributed by atoms with Crippen LogP contribution >= 0.6 is 11.6 Å². The van der Waals surface area contributed by atoms with Crippen LogP contribution in [0.4, 0.5) is 4.39 Å². The van der Waals surface area contributed by atoms with Gasteiger partial charge in [0.25, 0.3) is 10.0 Å². The van der Waals surface area contributed by atoms with E-state index in [0.29, 0.717) is 0 Å². The van der Waals surface area contributed by atoms with E-state index >= 15 is 0 Å². The van der Waals surface area contributed by atoms with E-state index in [1.54, 1.807) is 12.1 Å². The van der Waals surface area contributed by atoms with E-state index in [9.17, 15) is 12.8 Å². The number of pyridine rings is 1. The molecule has 1 aromatic carbocycles. The fourth-order valence-electron chi connectivity index (χ4n) is 2.10. The molecule has 3 aromatic rings. The second kappa shape index (κ2) is 5.55. The highest BCUT2D eigenvalue weighted by Gasteiger charge is 2.21. The van der Waals surface area contributed by atoms with Gasteiger partial charge < -0.3 is 0 Å². The first-order valence-electron chi connectivity index (χ1n) is 6.28. The smallest absolute Gasteiger partial charge is 0.262 e. The molecule has 0 bridgehead atoms. The Kier molecular flexibility index (Phi) is 3.72. The number of nitrogens with zero attached hydrogens (tertiary/aromatic N) is 2. The quantitative estimate of drug-likeness (QED) is 0.734. The molecule has 0 saturated carbocycles. The molecule has 112 valence electrons. The fraction of sp³-hybridized carbons (Fsp3) is 0. The molecule has 2 heterocycles. The van der Waals surface area contributed by atoms with E-state index in [1.165, 1.54) is 48.9 Å².